The minimum Gasteiger partial charge on any atom is -0.466 e. The van der Waals surface area contributed by atoms with Crippen molar-refractivity contribution in [2.75, 3.05) is 25.4 Å². The van der Waals surface area contributed by atoms with Gasteiger partial charge < -0.3 is 4.74 Å². The zero-order valence-electron chi connectivity index (χ0n) is 13.8. The molecular weight excluding hydrogens is 314 g/mol. The van der Waals surface area contributed by atoms with Gasteiger partial charge in [0.2, 0.25) is 10.0 Å². The van der Waals surface area contributed by atoms with Crippen molar-refractivity contribution in [1.82, 2.24) is 4.31 Å². The number of carbonyl (C=O) groups is 1. The van der Waals surface area contributed by atoms with Crippen molar-refractivity contribution >= 4 is 16.0 Å². The molecule has 0 saturated carbocycles. The maximum absolute atomic E-state index is 12.6. The molecule has 0 aromatic heterocycles. The van der Waals surface area contributed by atoms with Crippen molar-refractivity contribution in [3.63, 3.8) is 0 Å². The van der Waals surface area contributed by atoms with Gasteiger partial charge in [0, 0.05) is 13.1 Å². The molecule has 1 aliphatic heterocycles. The minimum atomic E-state index is -3.31. The fourth-order valence-electron chi connectivity index (χ4n) is 3.16. The number of benzene rings is 1. The van der Waals surface area contributed by atoms with Crippen LogP contribution in [0.1, 0.15) is 32.3 Å². The average Bonchev–Trinajstić information content (AvgIpc) is 2.56. The van der Waals surface area contributed by atoms with E-state index >= 15 is 0 Å². The van der Waals surface area contributed by atoms with Crippen LogP contribution in [0.5, 0.6) is 0 Å². The van der Waals surface area contributed by atoms with Crippen molar-refractivity contribution in [3.05, 3.63) is 35.9 Å². The predicted molar refractivity (Wildman–Crippen MR) is 89.5 cm³/mol. The maximum atomic E-state index is 12.6. The van der Waals surface area contributed by atoms with Crippen LogP contribution >= 0.6 is 0 Å². The molecule has 6 heteroatoms. The van der Waals surface area contributed by atoms with Gasteiger partial charge in [-0.15, -0.1) is 0 Å². The Morgan fingerprint density at radius 2 is 1.96 bits per heavy atom. The zero-order chi connectivity index (χ0) is 16.9. The number of rotatable bonds is 6. The topological polar surface area (TPSA) is 63.7 Å². The van der Waals surface area contributed by atoms with E-state index in [0.29, 0.717) is 32.4 Å². The molecule has 1 fully saturated rings. The van der Waals surface area contributed by atoms with Crippen LogP contribution in [0.25, 0.3) is 0 Å². The number of piperidine rings is 1. The second kappa shape index (κ2) is 7.45. The van der Waals surface area contributed by atoms with E-state index in [1.54, 1.807) is 13.8 Å². The molecule has 128 valence electrons. The van der Waals surface area contributed by atoms with Crippen LogP contribution in [0.2, 0.25) is 0 Å². The number of carbonyl (C=O) groups excluding carboxylic acids is 1. The molecule has 1 unspecified atom stereocenters. The minimum absolute atomic E-state index is 0.0528. The molecule has 0 spiro atoms. The monoisotopic (exact) mass is 339 g/mol. The summed E-state index contributed by atoms with van der Waals surface area (Å²) in [6, 6.07) is 9.72. The Balaban J connectivity index is 2.32. The van der Waals surface area contributed by atoms with E-state index in [1.807, 2.05) is 30.3 Å². The zero-order valence-corrected chi connectivity index (χ0v) is 14.6. The van der Waals surface area contributed by atoms with Crippen molar-refractivity contribution in [1.29, 1.82) is 0 Å². The van der Waals surface area contributed by atoms with Crippen LogP contribution in [0, 0.1) is 5.41 Å². The van der Waals surface area contributed by atoms with Gasteiger partial charge in [-0.2, -0.15) is 0 Å². The molecule has 0 bridgehead atoms. The van der Waals surface area contributed by atoms with Crippen molar-refractivity contribution in [3.8, 4) is 0 Å². The first-order valence-corrected chi connectivity index (χ1v) is 9.73. The summed E-state index contributed by atoms with van der Waals surface area (Å²) in [6.07, 6.45) is 1.82. The van der Waals surface area contributed by atoms with Crippen LogP contribution in [-0.4, -0.2) is 44.1 Å². The molecule has 1 atom stereocenters. The maximum Gasteiger partial charge on any atom is 0.313 e. The van der Waals surface area contributed by atoms with Crippen molar-refractivity contribution in [2.24, 2.45) is 5.41 Å². The molecule has 1 heterocycles. The fourth-order valence-corrected chi connectivity index (χ4v) is 4.38. The Labute approximate surface area is 138 Å². The quantitative estimate of drug-likeness (QED) is 0.746. The highest BCUT2D eigenvalue weighted by molar-refractivity contribution is 7.89. The van der Waals surface area contributed by atoms with E-state index in [-0.39, 0.29) is 18.3 Å². The van der Waals surface area contributed by atoms with Gasteiger partial charge in [-0.25, -0.2) is 12.7 Å². The highest BCUT2D eigenvalue weighted by Gasteiger charge is 2.45. The van der Waals surface area contributed by atoms with Crippen molar-refractivity contribution < 1.29 is 17.9 Å². The van der Waals surface area contributed by atoms with Gasteiger partial charge in [0.1, 0.15) is 0 Å². The molecule has 0 radical (unpaired) electrons. The lowest BCUT2D eigenvalue weighted by Crippen LogP contribution is -2.51. The number of hydrogen-bond donors (Lipinski definition) is 0. The Bertz CT molecular complexity index is 629. The van der Waals surface area contributed by atoms with Gasteiger partial charge in [0.25, 0.3) is 0 Å². The highest BCUT2D eigenvalue weighted by Crippen LogP contribution is 2.36. The van der Waals surface area contributed by atoms with Gasteiger partial charge in [-0.1, -0.05) is 30.3 Å². The molecular formula is C17H25NO4S. The summed E-state index contributed by atoms with van der Waals surface area (Å²) >= 11 is 0. The standard InChI is InChI=1S/C17H25NO4S/c1-3-22-16(19)17(13-15-9-6-5-7-10-15)11-8-12-18(14-17)23(20,21)4-2/h5-7,9-10H,3-4,8,11-14H2,1-2H3. The van der Waals surface area contributed by atoms with E-state index in [2.05, 4.69) is 0 Å². The molecule has 0 N–H and O–H groups in total. The molecule has 1 aliphatic rings. The third-order valence-corrected chi connectivity index (χ3v) is 6.22. The van der Waals surface area contributed by atoms with Crippen molar-refractivity contribution in [2.45, 2.75) is 33.1 Å². The van der Waals surface area contributed by atoms with E-state index in [1.165, 1.54) is 4.31 Å². The lowest BCUT2D eigenvalue weighted by atomic mass is 9.75. The van der Waals surface area contributed by atoms with Crippen LogP contribution in [0.3, 0.4) is 0 Å². The lowest BCUT2D eigenvalue weighted by molar-refractivity contribution is -0.157. The first-order chi connectivity index (χ1) is 10.9. The van der Waals surface area contributed by atoms with Gasteiger partial charge >= 0.3 is 5.97 Å². The predicted octanol–water partition coefficient (Wildman–Crippen LogP) is 2.22. The first-order valence-electron chi connectivity index (χ1n) is 8.12. The first kappa shape index (κ1) is 17.9. The summed E-state index contributed by atoms with van der Waals surface area (Å²) in [4.78, 5) is 12.6. The molecule has 2 rings (SSSR count). The fraction of sp³-hybridized carbons (Fsp3) is 0.588. The molecule has 23 heavy (non-hydrogen) atoms. The third-order valence-electron chi connectivity index (χ3n) is 4.39. The largest absolute Gasteiger partial charge is 0.466 e. The second-order valence-corrected chi connectivity index (χ2v) is 8.26. The number of esters is 1. The summed E-state index contributed by atoms with van der Waals surface area (Å²) in [6.45, 7) is 4.39. The molecule has 1 saturated heterocycles. The van der Waals surface area contributed by atoms with Gasteiger partial charge in [-0.05, 0) is 38.7 Å². The average molecular weight is 339 g/mol. The third kappa shape index (κ3) is 4.12. The highest BCUT2D eigenvalue weighted by atomic mass is 32.2. The molecule has 1 aromatic carbocycles. The normalized spacial score (nSPS) is 22.7. The number of nitrogens with zero attached hydrogens (tertiary/aromatic N) is 1. The molecule has 0 aliphatic carbocycles. The van der Waals surface area contributed by atoms with Crippen LogP contribution < -0.4 is 0 Å². The van der Waals surface area contributed by atoms with Gasteiger partial charge in [-0.3, -0.25) is 4.79 Å². The number of sulfonamides is 1. The summed E-state index contributed by atoms with van der Waals surface area (Å²) < 4.78 is 31.2. The summed E-state index contributed by atoms with van der Waals surface area (Å²) in [5, 5.41) is 0. The van der Waals surface area contributed by atoms with Crippen LogP contribution in [0.4, 0.5) is 0 Å². The smallest absolute Gasteiger partial charge is 0.313 e. The molecule has 0 amide bonds. The Morgan fingerprint density at radius 3 is 2.57 bits per heavy atom. The Kier molecular flexibility index (Phi) is 5.81. The van der Waals surface area contributed by atoms with E-state index in [4.69, 9.17) is 4.74 Å². The molecule has 5 nitrogen and oxygen atoms in total. The summed E-state index contributed by atoms with van der Waals surface area (Å²) in [5.41, 5.74) is 0.231. The number of ether oxygens (including phenoxy) is 1. The summed E-state index contributed by atoms with van der Waals surface area (Å²) in [5.74, 6) is -0.239. The second-order valence-electron chi connectivity index (χ2n) is 6.00. The van der Waals surface area contributed by atoms with Crippen LogP contribution in [-0.2, 0) is 26.0 Å². The lowest BCUT2D eigenvalue weighted by Gasteiger charge is -2.40. The molecule has 1 aromatic rings. The Morgan fingerprint density at radius 1 is 1.26 bits per heavy atom. The SMILES string of the molecule is CCOC(=O)C1(Cc2ccccc2)CCCN(S(=O)(=O)CC)C1. The van der Waals surface area contributed by atoms with Gasteiger partial charge in [0.05, 0.1) is 17.8 Å². The number of hydrogen-bond acceptors (Lipinski definition) is 4. The summed E-state index contributed by atoms with van der Waals surface area (Å²) in [7, 11) is -3.31. The van der Waals surface area contributed by atoms with E-state index in [0.717, 1.165) is 5.56 Å². The van der Waals surface area contributed by atoms with E-state index < -0.39 is 15.4 Å². The Hall–Kier alpha value is -1.40. The van der Waals surface area contributed by atoms with Gasteiger partial charge in [0.15, 0.2) is 0 Å². The van der Waals surface area contributed by atoms with Crippen LogP contribution in [0.15, 0.2) is 30.3 Å². The van der Waals surface area contributed by atoms with E-state index in [9.17, 15) is 13.2 Å².